The Kier molecular flexibility index (Phi) is 4.81. The predicted molar refractivity (Wildman–Crippen MR) is 82.4 cm³/mol. The number of nitrogens with one attached hydrogen (secondary N) is 1. The Morgan fingerprint density at radius 1 is 1.00 bits per heavy atom. The van der Waals surface area contributed by atoms with Crippen molar-refractivity contribution in [2.45, 2.75) is 13.0 Å². The maximum Gasteiger partial charge on any atom is 0.131 e. The van der Waals surface area contributed by atoms with Gasteiger partial charge in [-0.25, -0.2) is 4.39 Å². The zero-order valence-electron chi connectivity index (χ0n) is 12.7. The second kappa shape index (κ2) is 6.59. The summed E-state index contributed by atoms with van der Waals surface area (Å²) >= 11 is 0. The summed E-state index contributed by atoms with van der Waals surface area (Å²) in [6, 6.07) is 10.6. The van der Waals surface area contributed by atoms with Crippen molar-refractivity contribution in [2.75, 3.05) is 21.3 Å². The van der Waals surface area contributed by atoms with E-state index in [1.54, 1.807) is 38.5 Å². The molecule has 1 atom stereocenters. The van der Waals surface area contributed by atoms with Gasteiger partial charge in [-0.15, -0.1) is 0 Å². The van der Waals surface area contributed by atoms with Crippen LogP contribution in [-0.2, 0) is 0 Å². The van der Waals surface area contributed by atoms with Gasteiger partial charge in [0, 0.05) is 17.7 Å². The van der Waals surface area contributed by atoms with E-state index in [1.165, 1.54) is 6.07 Å². The topological polar surface area (TPSA) is 30.5 Å². The molecule has 3 nitrogen and oxygen atoms in total. The molecule has 0 saturated carbocycles. The van der Waals surface area contributed by atoms with Gasteiger partial charge >= 0.3 is 0 Å². The quantitative estimate of drug-likeness (QED) is 0.908. The highest BCUT2D eigenvalue weighted by Crippen LogP contribution is 2.32. The molecule has 1 N–H and O–H groups in total. The largest absolute Gasteiger partial charge is 0.497 e. The van der Waals surface area contributed by atoms with Gasteiger partial charge in [0.25, 0.3) is 0 Å². The summed E-state index contributed by atoms with van der Waals surface area (Å²) in [6.07, 6.45) is 0. The van der Waals surface area contributed by atoms with Gasteiger partial charge in [0.15, 0.2) is 0 Å². The Bertz CT molecular complexity index is 606. The van der Waals surface area contributed by atoms with Crippen LogP contribution in [0.1, 0.15) is 18.5 Å². The Morgan fingerprint density at radius 2 is 1.62 bits per heavy atom. The van der Waals surface area contributed by atoms with Crippen LogP contribution >= 0.6 is 0 Å². The minimum atomic E-state index is -0.266. The van der Waals surface area contributed by atoms with Crippen LogP contribution in [0.2, 0.25) is 0 Å². The molecule has 0 aliphatic heterocycles. The fourth-order valence-corrected chi connectivity index (χ4v) is 2.16. The Hall–Kier alpha value is -2.07. The number of ether oxygens (including phenoxy) is 2. The van der Waals surface area contributed by atoms with E-state index in [2.05, 4.69) is 5.32 Å². The summed E-state index contributed by atoms with van der Waals surface area (Å²) in [7, 11) is 5.03. The van der Waals surface area contributed by atoms with Gasteiger partial charge in [-0.05, 0) is 49.4 Å². The minimum absolute atomic E-state index is 0.150. The lowest BCUT2D eigenvalue weighted by Gasteiger charge is -2.14. The summed E-state index contributed by atoms with van der Waals surface area (Å²) < 4.78 is 24.7. The average molecular weight is 289 g/mol. The standard InChI is InChI=1S/C17H20FNO2/c1-11(19-2)12-5-6-17(18)16(9-12)13-7-14(20-3)10-15(8-13)21-4/h5-11,19H,1-4H3. The summed E-state index contributed by atoms with van der Waals surface area (Å²) in [5.74, 6) is 1.00. The first-order valence-corrected chi connectivity index (χ1v) is 6.79. The second-order valence-corrected chi connectivity index (χ2v) is 4.85. The zero-order chi connectivity index (χ0) is 15.4. The van der Waals surface area contributed by atoms with Crippen molar-refractivity contribution in [3.63, 3.8) is 0 Å². The zero-order valence-corrected chi connectivity index (χ0v) is 12.7. The van der Waals surface area contributed by atoms with Crippen LogP contribution in [0.5, 0.6) is 11.5 Å². The van der Waals surface area contributed by atoms with Crippen molar-refractivity contribution in [1.29, 1.82) is 0 Å². The van der Waals surface area contributed by atoms with Crippen LogP contribution in [-0.4, -0.2) is 21.3 Å². The molecule has 0 heterocycles. The smallest absolute Gasteiger partial charge is 0.131 e. The van der Waals surface area contributed by atoms with Crippen LogP contribution in [0.3, 0.4) is 0 Å². The third kappa shape index (κ3) is 3.34. The van der Waals surface area contributed by atoms with Gasteiger partial charge in [-0.3, -0.25) is 0 Å². The molecule has 0 aliphatic carbocycles. The van der Waals surface area contributed by atoms with E-state index in [0.717, 1.165) is 11.1 Å². The highest BCUT2D eigenvalue weighted by atomic mass is 19.1. The summed E-state index contributed by atoms with van der Waals surface area (Å²) in [5.41, 5.74) is 2.29. The first kappa shape index (κ1) is 15.3. The van der Waals surface area contributed by atoms with Crippen LogP contribution in [0.4, 0.5) is 4.39 Å². The average Bonchev–Trinajstić information content (AvgIpc) is 2.53. The van der Waals surface area contributed by atoms with Gasteiger partial charge in [-0.2, -0.15) is 0 Å². The normalized spacial score (nSPS) is 12.0. The van der Waals surface area contributed by atoms with Crippen molar-refractivity contribution >= 4 is 0 Å². The second-order valence-electron chi connectivity index (χ2n) is 4.85. The molecular weight excluding hydrogens is 269 g/mol. The molecule has 0 aliphatic rings. The monoisotopic (exact) mass is 289 g/mol. The molecule has 0 aromatic heterocycles. The molecule has 0 bridgehead atoms. The minimum Gasteiger partial charge on any atom is -0.497 e. The van der Waals surface area contributed by atoms with E-state index in [-0.39, 0.29) is 11.9 Å². The molecule has 0 spiro atoms. The molecule has 21 heavy (non-hydrogen) atoms. The molecule has 1 unspecified atom stereocenters. The molecule has 4 heteroatoms. The van der Waals surface area contributed by atoms with Gasteiger partial charge in [0.05, 0.1) is 14.2 Å². The highest BCUT2D eigenvalue weighted by Gasteiger charge is 2.12. The fraction of sp³-hybridized carbons (Fsp3) is 0.294. The van der Waals surface area contributed by atoms with E-state index < -0.39 is 0 Å². The molecule has 112 valence electrons. The third-order valence-corrected chi connectivity index (χ3v) is 3.59. The number of hydrogen-bond donors (Lipinski definition) is 1. The molecule has 2 aromatic carbocycles. The van der Waals surface area contributed by atoms with E-state index in [9.17, 15) is 4.39 Å². The highest BCUT2D eigenvalue weighted by molar-refractivity contribution is 5.68. The first-order valence-electron chi connectivity index (χ1n) is 6.79. The summed E-state index contributed by atoms with van der Waals surface area (Å²) in [4.78, 5) is 0. The number of methoxy groups -OCH3 is 2. The van der Waals surface area contributed by atoms with Crippen LogP contribution in [0.25, 0.3) is 11.1 Å². The van der Waals surface area contributed by atoms with Crippen molar-refractivity contribution in [3.8, 4) is 22.6 Å². The number of benzene rings is 2. The molecule has 0 radical (unpaired) electrons. The van der Waals surface area contributed by atoms with Crippen LogP contribution in [0, 0.1) is 5.82 Å². The van der Waals surface area contributed by atoms with Crippen molar-refractivity contribution in [2.24, 2.45) is 0 Å². The SMILES string of the molecule is CNC(C)c1ccc(F)c(-c2cc(OC)cc(OC)c2)c1. The lowest BCUT2D eigenvalue weighted by Crippen LogP contribution is -2.12. The molecule has 0 amide bonds. The van der Waals surface area contributed by atoms with Crippen LogP contribution in [0.15, 0.2) is 36.4 Å². The van der Waals surface area contributed by atoms with Crippen molar-refractivity contribution in [1.82, 2.24) is 5.32 Å². The predicted octanol–water partition coefficient (Wildman–Crippen LogP) is 3.79. The van der Waals surface area contributed by atoms with Gasteiger partial charge < -0.3 is 14.8 Å². The van der Waals surface area contributed by atoms with E-state index in [1.807, 2.05) is 20.0 Å². The van der Waals surface area contributed by atoms with E-state index >= 15 is 0 Å². The fourth-order valence-electron chi connectivity index (χ4n) is 2.16. The lowest BCUT2D eigenvalue weighted by atomic mass is 9.99. The van der Waals surface area contributed by atoms with Gasteiger partial charge in [0.1, 0.15) is 17.3 Å². The lowest BCUT2D eigenvalue weighted by molar-refractivity contribution is 0.394. The van der Waals surface area contributed by atoms with Gasteiger partial charge in [-0.1, -0.05) is 6.07 Å². The Morgan fingerprint density at radius 3 is 2.14 bits per heavy atom. The summed E-state index contributed by atoms with van der Waals surface area (Å²) in [5, 5.41) is 3.15. The summed E-state index contributed by atoms with van der Waals surface area (Å²) in [6.45, 7) is 2.03. The third-order valence-electron chi connectivity index (χ3n) is 3.59. The maximum atomic E-state index is 14.2. The van der Waals surface area contributed by atoms with Gasteiger partial charge in [0.2, 0.25) is 0 Å². The molecule has 0 saturated heterocycles. The molecular formula is C17H20FNO2. The van der Waals surface area contributed by atoms with Crippen molar-refractivity contribution < 1.29 is 13.9 Å². The number of hydrogen-bond acceptors (Lipinski definition) is 3. The van der Waals surface area contributed by atoms with E-state index in [4.69, 9.17) is 9.47 Å². The number of halogens is 1. The Labute approximate surface area is 124 Å². The first-order chi connectivity index (χ1) is 10.1. The maximum absolute atomic E-state index is 14.2. The number of rotatable bonds is 5. The van der Waals surface area contributed by atoms with Crippen molar-refractivity contribution in [3.05, 3.63) is 47.8 Å². The van der Waals surface area contributed by atoms with Crippen LogP contribution < -0.4 is 14.8 Å². The molecule has 2 aromatic rings. The molecule has 0 fully saturated rings. The molecule has 2 rings (SSSR count). The Balaban J connectivity index is 2.54. The van der Waals surface area contributed by atoms with E-state index in [0.29, 0.717) is 17.1 Å².